The van der Waals surface area contributed by atoms with E-state index in [9.17, 15) is 9.18 Å². The van der Waals surface area contributed by atoms with E-state index in [0.29, 0.717) is 23.2 Å². The summed E-state index contributed by atoms with van der Waals surface area (Å²) in [5.74, 6) is 0.359. The van der Waals surface area contributed by atoms with Gasteiger partial charge < -0.3 is 9.15 Å². The van der Waals surface area contributed by atoms with Crippen molar-refractivity contribution in [1.29, 1.82) is 0 Å². The van der Waals surface area contributed by atoms with Gasteiger partial charge in [-0.15, -0.1) is 0 Å². The van der Waals surface area contributed by atoms with Crippen LogP contribution in [0.2, 0.25) is 0 Å². The third-order valence-electron chi connectivity index (χ3n) is 2.04. The highest BCUT2D eigenvalue weighted by Gasteiger charge is 2.04. The molecule has 0 atom stereocenters. The number of rotatable bonds is 4. The Balaban J connectivity index is 2.19. The molecule has 2 aromatic rings. The van der Waals surface area contributed by atoms with Crippen LogP contribution in [0.4, 0.5) is 4.39 Å². The molecule has 0 unspecified atom stereocenters. The lowest BCUT2D eigenvalue weighted by Gasteiger charge is -1.92. The van der Waals surface area contributed by atoms with Gasteiger partial charge in [-0.3, -0.25) is 0 Å². The monoisotopic (exact) mass is 207 g/mol. The van der Waals surface area contributed by atoms with Crippen LogP contribution >= 0.6 is 0 Å². The minimum atomic E-state index is -0.299. The van der Waals surface area contributed by atoms with Crippen molar-refractivity contribution in [2.75, 3.05) is 6.61 Å². The summed E-state index contributed by atoms with van der Waals surface area (Å²) < 4.78 is 22.6. The van der Waals surface area contributed by atoms with Crippen LogP contribution in [-0.4, -0.2) is 13.1 Å². The minimum absolute atomic E-state index is 0.214. The largest absolute Gasteiger partial charge is 0.461 e. The SMILES string of the molecule is O=[C]OCCc1cc2cc(F)ccc2o1. The summed E-state index contributed by atoms with van der Waals surface area (Å²) in [6.45, 7) is 1.54. The van der Waals surface area contributed by atoms with E-state index in [1.165, 1.54) is 18.6 Å². The van der Waals surface area contributed by atoms with Crippen molar-refractivity contribution in [3.05, 3.63) is 35.8 Å². The molecule has 0 spiro atoms. The summed E-state index contributed by atoms with van der Waals surface area (Å²) >= 11 is 0. The maximum absolute atomic E-state index is 12.8. The number of halogens is 1. The smallest absolute Gasteiger partial charge is 0.417 e. The zero-order valence-corrected chi connectivity index (χ0v) is 7.83. The van der Waals surface area contributed by atoms with Crippen LogP contribution in [0.1, 0.15) is 5.76 Å². The Bertz CT molecular complexity index is 476. The average molecular weight is 207 g/mol. The molecule has 0 N–H and O–H groups in total. The van der Waals surface area contributed by atoms with Crippen LogP contribution in [0.3, 0.4) is 0 Å². The van der Waals surface area contributed by atoms with Crippen LogP contribution in [0.25, 0.3) is 11.0 Å². The predicted molar refractivity (Wildman–Crippen MR) is 51.5 cm³/mol. The summed E-state index contributed by atoms with van der Waals surface area (Å²) in [7, 11) is 0. The van der Waals surface area contributed by atoms with Crippen molar-refractivity contribution >= 4 is 17.4 Å². The normalized spacial score (nSPS) is 10.5. The summed E-state index contributed by atoms with van der Waals surface area (Å²) in [6, 6.07) is 6.04. The maximum atomic E-state index is 12.8. The average Bonchev–Trinajstić information content (AvgIpc) is 2.60. The van der Waals surface area contributed by atoms with Gasteiger partial charge in [-0.1, -0.05) is 0 Å². The van der Waals surface area contributed by atoms with Gasteiger partial charge in [0.2, 0.25) is 0 Å². The van der Waals surface area contributed by atoms with Gasteiger partial charge in [-0.25, -0.2) is 9.18 Å². The van der Waals surface area contributed by atoms with Gasteiger partial charge in [0.25, 0.3) is 0 Å². The molecular formula is C11H8FO3. The molecule has 0 aliphatic carbocycles. The van der Waals surface area contributed by atoms with E-state index in [-0.39, 0.29) is 12.4 Å². The van der Waals surface area contributed by atoms with Gasteiger partial charge in [0, 0.05) is 11.8 Å². The van der Waals surface area contributed by atoms with Gasteiger partial charge in [0.1, 0.15) is 17.2 Å². The van der Waals surface area contributed by atoms with E-state index < -0.39 is 0 Å². The molecule has 1 radical (unpaired) electrons. The molecule has 0 saturated carbocycles. The first-order valence-corrected chi connectivity index (χ1v) is 4.46. The molecule has 3 nitrogen and oxygen atoms in total. The quantitative estimate of drug-likeness (QED) is 0.721. The van der Waals surface area contributed by atoms with Crippen LogP contribution in [0.15, 0.2) is 28.7 Å². The van der Waals surface area contributed by atoms with Crippen LogP contribution in [0.5, 0.6) is 0 Å². The molecule has 1 aromatic heterocycles. The second-order valence-electron chi connectivity index (χ2n) is 3.08. The van der Waals surface area contributed by atoms with Gasteiger partial charge >= 0.3 is 6.47 Å². The number of hydrogen-bond acceptors (Lipinski definition) is 3. The number of carbonyl (C=O) groups excluding carboxylic acids is 1. The molecule has 1 heterocycles. The third-order valence-corrected chi connectivity index (χ3v) is 2.04. The van der Waals surface area contributed by atoms with Crippen LogP contribution in [0, 0.1) is 5.82 Å². The first-order chi connectivity index (χ1) is 7.29. The molecule has 2 rings (SSSR count). The minimum Gasteiger partial charge on any atom is -0.461 e. The lowest BCUT2D eigenvalue weighted by atomic mass is 10.2. The number of furan rings is 1. The van der Waals surface area contributed by atoms with Gasteiger partial charge in [0.05, 0.1) is 6.61 Å². The predicted octanol–water partition coefficient (Wildman–Crippen LogP) is 2.20. The fourth-order valence-corrected chi connectivity index (χ4v) is 1.39. The topological polar surface area (TPSA) is 39.4 Å². The Hall–Kier alpha value is -1.84. The number of ether oxygens (including phenoxy) is 1. The second kappa shape index (κ2) is 4.13. The molecule has 15 heavy (non-hydrogen) atoms. The zero-order chi connectivity index (χ0) is 10.7. The highest BCUT2D eigenvalue weighted by Crippen LogP contribution is 2.20. The van der Waals surface area contributed by atoms with E-state index >= 15 is 0 Å². The van der Waals surface area contributed by atoms with Crippen molar-refractivity contribution in [2.45, 2.75) is 6.42 Å². The van der Waals surface area contributed by atoms with Gasteiger partial charge in [-0.05, 0) is 24.3 Å². The van der Waals surface area contributed by atoms with Gasteiger partial charge in [0.15, 0.2) is 0 Å². The summed E-state index contributed by atoms with van der Waals surface area (Å²) in [6.07, 6.45) is 0.464. The molecule has 77 valence electrons. The lowest BCUT2D eigenvalue weighted by Crippen LogP contribution is -1.94. The van der Waals surface area contributed by atoms with Crippen molar-refractivity contribution in [3.63, 3.8) is 0 Å². The Labute approximate surface area is 85.4 Å². The molecule has 0 aliphatic rings. The van der Waals surface area contributed by atoms with Crippen molar-refractivity contribution < 1.29 is 18.3 Å². The summed E-state index contributed by atoms with van der Waals surface area (Å²) in [4.78, 5) is 9.78. The van der Waals surface area contributed by atoms with Crippen LogP contribution in [-0.2, 0) is 16.0 Å². The van der Waals surface area contributed by atoms with Gasteiger partial charge in [-0.2, -0.15) is 0 Å². The Morgan fingerprint density at radius 3 is 3.07 bits per heavy atom. The molecule has 1 aromatic carbocycles. The summed E-state index contributed by atoms with van der Waals surface area (Å²) in [5, 5.41) is 0.708. The molecule has 0 saturated heterocycles. The molecule has 0 fully saturated rings. The van der Waals surface area contributed by atoms with E-state index in [1.807, 2.05) is 0 Å². The van der Waals surface area contributed by atoms with Crippen molar-refractivity contribution in [3.8, 4) is 0 Å². The molecule has 0 aliphatic heterocycles. The van der Waals surface area contributed by atoms with E-state index in [4.69, 9.17) is 4.42 Å². The highest BCUT2D eigenvalue weighted by molar-refractivity contribution is 5.77. The van der Waals surface area contributed by atoms with E-state index in [0.717, 1.165) is 0 Å². The number of fused-ring (bicyclic) bond motifs is 1. The molecule has 0 amide bonds. The third kappa shape index (κ3) is 2.15. The number of benzene rings is 1. The first kappa shape index (κ1) is 9.71. The number of hydrogen-bond donors (Lipinski definition) is 0. The Morgan fingerprint density at radius 1 is 1.40 bits per heavy atom. The van der Waals surface area contributed by atoms with Crippen molar-refractivity contribution in [1.82, 2.24) is 0 Å². The summed E-state index contributed by atoms with van der Waals surface area (Å²) in [5.41, 5.74) is 0.626. The highest BCUT2D eigenvalue weighted by atomic mass is 19.1. The Kier molecular flexibility index (Phi) is 2.67. The van der Waals surface area contributed by atoms with E-state index in [1.54, 1.807) is 12.1 Å². The second-order valence-corrected chi connectivity index (χ2v) is 3.08. The first-order valence-electron chi connectivity index (χ1n) is 4.46. The molecule has 4 heteroatoms. The molecule has 0 bridgehead atoms. The fourth-order valence-electron chi connectivity index (χ4n) is 1.39. The molecular weight excluding hydrogens is 199 g/mol. The Morgan fingerprint density at radius 2 is 2.27 bits per heavy atom. The van der Waals surface area contributed by atoms with E-state index in [2.05, 4.69) is 4.74 Å². The maximum Gasteiger partial charge on any atom is 0.417 e. The standard InChI is InChI=1S/C11H8FO3/c12-9-1-2-11-8(5-9)6-10(15-11)3-4-14-7-13/h1-2,5-6H,3-4H2. The fraction of sp³-hybridized carbons (Fsp3) is 0.182. The zero-order valence-electron chi connectivity index (χ0n) is 7.83. The lowest BCUT2D eigenvalue weighted by molar-refractivity contribution is 0.274. The van der Waals surface area contributed by atoms with Crippen molar-refractivity contribution in [2.24, 2.45) is 0 Å². The van der Waals surface area contributed by atoms with Crippen LogP contribution < -0.4 is 0 Å².